The second-order valence-corrected chi connectivity index (χ2v) is 6.99. The van der Waals surface area contributed by atoms with Crippen LogP contribution in [0.2, 0.25) is 5.02 Å². The lowest BCUT2D eigenvalue weighted by atomic mass is 10.2. The molecule has 31 heavy (non-hydrogen) atoms. The van der Waals surface area contributed by atoms with Gasteiger partial charge < -0.3 is 5.32 Å². The van der Waals surface area contributed by atoms with Crippen LogP contribution < -0.4 is 5.32 Å². The molecule has 0 saturated carbocycles. The van der Waals surface area contributed by atoms with Crippen LogP contribution in [0.25, 0.3) is 17.5 Å². The average molecular weight is 434 g/mol. The van der Waals surface area contributed by atoms with Gasteiger partial charge in [-0.25, -0.2) is 4.39 Å². The molecule has 2 aromatic heterocycles. The first-order valence-electron chi connectivity index (χ1n) is 9.43. The van der Waals surface area contributed by atoms with E-state index in [1.807, 2.05) is 18.2 Å². The molecule has 0 aliphatic rings. The van der Waals surface area contributed by atoms with Crippen molar-refractivity contribution in [1.29, 1.82) is 0 Å². The Hall–Kier alpha value is -3.84. The summed E-state index contributed by atoms with van der Waals surface area (Å²) < 4.78 is 14.3. The average Bonchev–Trinajstić information content (AvgIpc) is 3.23. The number of anilines is 1. The monoisotopic (exact) mass is 433 g/mol. The topological polar surface area (TPSA) is 72.7 Å². The Kier molecular flexibility index (Phi) is 6.14. The van der Waals surface area contributed by atoms with Crippen LogP contribution in [0.3, 0.4) is 0 Å². The van der Waals surface area contributed by atoms with Gasteiger partial charge in [0.1, 0.15) is 5.82 Å². The number of pyridine rings is 1. The molecule has 6 nitrogen and oxygen atoms in total. The number of hydrogen-bond acceptors (Lipinski definition) is 5. The van der Waals surface area contributed by atoms with Crippen molar-refractivity contribution in [3.8, 4) is 11.4 Å². The summed E-state index contributed by atoms with van der Waals surface area (Å²) in [5, 5.41) is 7.98. The van der Waals surface area contributed by atoms with Crippen LogP contribution in [0.4, 0.5) is 10.3 Å². The number of aromatic nitrogens is 4. The highest BCUT2D eigenvalue weighted by Gasteiger charge is 2.16. The molecular formula is C23H17ClFN5O. The number of benzene rings is 2. The van der Waals surface area contributed by atoms with Gasteiger partial charge in [0.05, 0.1) is 0 Å². The standard InChI is InChI=1S/C23H17ClFN5O/c24-20-6-2-1-4-17(20)9-12-21(31)30-23(27-14-16-7-10-19(25)11-8-16)28-22(29-30)18-5-3-13-26-15-18/h1-13,15H,14H2,(H,27,28,29). The lowest BCUT2D eigenvalue weighted by molar-refractivity contribution is 0.0957. The van der Waals surface area contributed by atoms with E-state index in [2.05, 4.69) is 20.4 Å². The molecule has 0 saturated heterocycles. The minimum Gasteiger partial charge on any atom is -0.350 e. The summed E-state index contributed by atoms with van der Waals surface area (Å²) in [5.74, 6) is -0.0963. The normalized spacial score (nSPS) is 11.0. The van der Waals surface area contributed by atoms with Crippen molar-refractivity contribution in [3.05, 3.63) is 101 Å². The third kappa shape index (κ3) is 5.02. The number of nitrogens with zero attached hydrogens (tertiary/aromatic N) is 4. The lowest BCUT2D eigenvalue weighted by Gasteiger charge is -2.06. The second-order valence-electron chi connectivity index (χ2n) is 6.59. The van der Waals surface area contributed by atoms with E-state index in [4.69, 9.17) is 11.6 Å². The minimum atomic E-state index is -0.399. The number of halogens is 2. The highest BCUT2D eigenvalue weighted by atomic mass is 35.5. The second kappa shape index (κ2) is 9.32. The Balaban J connectivity index is 1.62. The number of hydrogen-bond donors (Lipinski definition) is 1. The minimum absolute atomic E-state index is 0.261. The highest BCUT2D eigenvalue weighted by Crippen LogP contribution is 2.19. The van der Waals surface area contributed by atoms with Crippen molar-refractivity contribution in [3.63, 3.8) is 0 Å². The smallest absolute Gasteiger partial charge is 0.274 e. The van der Waals surface area contributed by atoms with Crippen LogP contribution in [0.5, 0.6) is 0 Å². The van der Waals surface area contributed by atoms with Crippen LogP contribution in [0.15, 0.2) is 79.1 Å². The van der Waals surface area contributed by atoms with Gasteiger partial charge in [-0.15, -0.1) is 5.10 Å². The Morgan fingerprint density at radius 2 is 1.90 bits per heavy atom. The Labute approximate surface area is 183 Å². The molecule has 0 fully saturated rings. The molecule has 0 bridgehead atoms. The molecule has 1 N–H and O–H groups in total. The molecular weight excluding hydrogens is 417 g/mol. The van der Waals surface area contributed by atoms with Crippen molar-refractivity contribution >= 4 is 29.5 Å². The maximum absolute atomic E-state index is 13.1. The third-order valence-corrected chi connectivity index (χ3v) is 4.75. The molecule has 0 atom stereocenters. The largest absolute Gasteiger partial charge is 0.350 e. The van der Waals surface area contributed by atoms with Gasteiger partial charge in [0.15, 0.2) is 5.82 Å². The van der Waals surface area contributed by atoms with E-state index in [-0.39, 0.29) is 11.8 Å². The van der Waals surface area contributed by atoms with Crippen LogP contribution in [0.1, 0.15) is 15.9 Å². The first kappa shape index (κ1) is 20.4. The summed E-state index contributed by atoms with van der Waals surface area (Å²) in [6, 6.07) is 16.8. The van der Waals surface area contributed by atoms with Crippen molar-refractivity contribution in [2.24, 2.45) is 0 Å². The molecule has 0 aliphatic heterocycles. The van der Waals surface area contributed by atoms with Crippen molar-refractivity contribution in [2.75, 3.05) is 5.32 Å². The van der Waals surface area contributed by atoms with Crippen LogP contribution >= 0.6 is 11.6 Å². The highest BCUT2D eigenvalue weighted by molar-refractivity contribution is 6.32. The van der Waals surface area contributed by atoms with E-state index in [1.165, 1.54) is 22.9 Å². The molecule has 0 aliphatic carbocycles. The number of carbonyl (C=O) groups is 1. The van der Waals surface area contributed by atoms with Gasteiger partial charge >= 0.3 is 0 Å². The molecule has 0 unspecified atom stereocenters. The van der Waals surface area contributed by atoms with Gasteiger partial charge in [-0.2, -0.15) is 9.67 Å². The number of allylic oxidation sites excluding steroid dienone is 1. The summed E-state index contributed by atoms with van der Waals surface area (Å²) in [4.78, 5) is 21.4. The maximum atomic E-state index is 13.1. The van der Waals surface area contributed by atoms with Crippen LogP contribution in [0, 0.1) is 5.82 Å². The fourth-order valence-electron chi connectivity index (χ4n) is 2.82. The fraction of sp³-hybridized carbons (Fsp3) is 0.0435. The molecule has 8 heteroatoms. The Morgan fingerprint density at radius 3 is 2.65 bits per heavy atom. The summed E-state index contributed by atoms with van der Waals surface area (Å²) in [5.41, 5.74) is 2.22. The zero-order valence-electron chi connectivity index (χ0n) is 16.2. The maximum Gasteiger partial charge on any atom is 0.274 e. The summed E-state index contributed by atoms with van der Waals surface area (Å²) in [7, 11) is 0. The Morgan fingerprint density at radius 1 is 1.10 bits per heavy atom. The van der Waals surface area contributed by atoms with Gasteiger partial charge in [-0.05, 0) is 47.5 Å². The quantitative estimate of drug-likeness (QED) is 0.428. The number of rotatable bonds is 6. The first-order chi connectivity index (χ1) is 15.1. The van der Waals surface area contributed by atoms with Gasteiger partial charge in [-0.3, -0.25) is 9.78 Å². The van der Waals surface area contributed by atoms with E-state index in [0.717, 1.165) is 5.56 Å². The molecule has 4 aromatic rings. The van der Waals surface area contributed by atoms with Gasteiger partial charge in [-0.1, -0.05) is 41.9 Å². The molecule has 2 aromatic carbocycles. The van der Waals surface area contributed by atoms with E-state index in [1.54, 1.807) is 48.8 Å². The van der Waals surface area contributed by atoms with Gasteiger partial charge in [0.2, 0.25) is 5.95 Å². The van der Waals surface area contributed by atoms with E-state index in [0.29, 0.717) is 28.5 Å². The van der Waals surface area contributed by atoms with Gasteiger partial charge in [0.25, 0.3) is 5.91 Å². The van der Waals surface area contributed by atoms with E-state index < -0.39 is 5.91 Å². The molecule has 0 radical (unpaired) electrons. The zero-order chi connectivity index (χ0) is 21.6. The SMILES string of the molecule is O=C(C=Cc1ccccc1Cl)n1nc(-c2cccnc2)nc1NCc1ccc(F)cc1. The molecule has 2 heterocycles. The molecule has 0 spiro atoms. The number of nitrogens with one attached hydrogen (secondary N) is 1. The van der Waals surface area contributed by atoms with Crippen molar-refractivity contribution < 1.29 is 9.18 Å². The van der Waals surface area contributed by atoms with Crippen molar-refractivity contribution in [2.45, 2.75) is 6.54 Å². The zero-order valence-corrected chi connectivity index (χ0v) is 17.0. The predicted octanol–water partition coefficient (Wildman–Crippen LogP) is 5.10. The van der Waals surface area contributed by atoms with Crippen LogP contribution in [-0.2, 0) is 6.54 Å². The van der Waals surface area contributed by atoms with E-state index >= 15 is 0 Å². The van der Waals surface area contributed by atoms with Gasteiger partial charge in [0, 0.05) is 35.6 Å². The summed E-state index contributed by atoms with van der Waals surface area (Å²) in [6.45, 7) is 0.340. The molecule has 154 valence electrons. The first-order valence-corrected chi connectivity index (χ1v) is 9.81. The van der Waals surface area contributed by atoms with E-state index in [9.17, 15) is 9.18 Å². The molecule has 4 rings (SSSR count). The summed E-state index contributed by atoms with van der Waals surface area (Å²) >= 11 is 6.15. The fourth-order valence-corrected chi connectivity index (χ4v) is 3.02. The van der Waals surface area contributed by atoms with Crippen LogP contribution in [-0.4, -0.2) is 25.7 Å². The van der Waals surface area contributed by atoms with Crippen molar-refractivity contribution in [1.82, 2.24) is 19.7 Å². The Bertz CT molecular complexity index is 1220. The number of carbonyl (C=O) groups excluding carboxylic acids is 1. The predicted molar refractivity (Wildman–Crippen MR) is 118 cm³/mol. The lowest BCUT2D eigenvalue weighted by Crippen LogP contribution is -2.14. The molecule has 0 amide bonds. The third-order valence-electron chi connectivity index (χ3n) is 4.41. The summed E-state index contributed by atoms with van der Waals surface area (Å²) in [6.07, 6.45) is 6.27.